The van der Waals surface area contributed by atoms with Crippen LogP contribution in [-0.2, 0) is 9.84 Å². The molecule has 0 amide bonds. The lowest BCUT2D eigenvalue weighted by Gasteiger charge is -2.21. The largest absolute Gasteiger partial charge is 0.330 e. The van der Waals surface area contributed by atoms with Crippen LogP contribution in [0, 0.1) is 0 Å². The number of rotatable bonds is 5. The predicted molar refractivity (Wildman–Crippen MR) is 81.4 cm³/mol. The quantitative estimate of drug-likeness (QED) is 0.909. The van der Waals surface area contributed by atoms with Crippen molar-refractivity contribution in [2.75, 3.05) is 12.3 Å². The summed E-state index contributed by atoms with van der Waals surface area (Å²) in [4.78, 5) is 0. The van der Waals surface area contributed by atoms with Gasteiger partial charge >= 0.3 is 0 Å². The van der Waals surface area contributed by atoms with Crippen LogP contribution in [0.1, 0.15) is 38.7 Å². The maximum atomic E-state index is 12.1. The third-order valence-corrected chi connectivity index (χ3v) is 6.15. The normalized spacial score (nSPS) is 14.4. The molecule has 0 saturated heterocycles. The van der Waals surface area contributed by atoms with Gasteiger partial charge in [-0.3, -0.25) is 0 Å². The average Bonchev–Trinajstić information content (AvgIpc) is 2.28. The van der Waals surface area contributed by atoms with Gasteiger partial charge in [-0.1, -0.05) is 23.7 Å². The van der Waals surface area contributed by atoms with Crippen molar-refractivity contribution in [3.8, 4) is 0 Å². The average molecular weight is 304 g/mol. The van der Waals surface area contributed by atoms with Gasteiger partial charge in [-0.15, -0.1) is 0 Å². The monoisotopic (exact) mass is 303 g/mol. The van der Waals surface area contributed by atoms with Crippen LogP contribution in [0.5, 0.6) is 0 Å². The second kappa shape index (κ2) is 6.25. The molecule has 0 spiro atoms. The Kier molecular flexibility index (Phi) is 5.42. The highest BCUT2D eigenvalue weighted by Crippen LogP contribution is 2.25. The summed E-state index contributed by atoms with van der Waals surface area (Å²) < 4.78 is 23.5. The van der Waals surface area contributed by atoms with E-state index in [1.807, 2.05) is 18.2 Å². The van der Waals surface area contributed by atoms with Crippen molar-refractivity contribution >= 4 is 21.4 Å². The van der Waals surface area contributed by atoms with Gasteiger partial charge in [0.15, 0.2) is 9.84 Å². The predicted octanol–water partition coefficient (Wildman–Crippen LogP) is 2.99. The van der Waals surface area contributed by atoms with Gasteiger partial charge in [0.05, 0.1) is 10.5 Å². The van der Waals surface area contributed by atoms with Crippen LogP contribution in [0.3, 0.4) is 0 Å². The highest BCUT2D eigenvalue weighted by molar-refractivity contribution is 7.92. The fourth-order valence-corrected chi connectivity index (χ4v) is 3.19. The van der Waals surface area contributed by atoms with Crippen LogP contribution in [0.4, 0.5) is 0 Å². The minimum Gasteiger partial charge on any atom is -0.330 e. The lowest BCUT2D eigenvalue weighted by atomic mass is 9.97. The zero-order valence-corrected chi connectivity index (χ0v) is 13.3. The van der Waals surface area contributed by atoms with E-state index in [1.165, 1.54) is 0 Å². The standard InChI is InChI=1S/C14H22ClNO2S/c1-14(2,3)19(17,18)8-7-12(10-16)11-5-4-6-13(15)9-11/h4-6,9,12H,7-8,10,16H2,1-3H3. The van der Waals surface area contributed by atoms with Crippen LogP contribution < -0.4 is 5.73 Å². The number of benzene rings is 1. The number of hydrogen-bond donors (Lipinski definition) is 1. The molecule has 0 radical (unpaired) electrons. The van der Waals surface area contributed by atoms with Crippen molar-refractivity contribution in [2.45, 2.75) is 37.9 Å². The molecule has 0 aliphatic carbocycles. The van der Waals surface area contributed by atoms with E-state index >= 15 is 0 Å². The van der Waals surface area contributed by atoms with Crippen LogP contribution in [-0.4, -0.2) is 25.5 Å². The third-order valence-electron chi connectivity index (χ3n) is 3.27. The molecule has 1 rings (SSSR count). The van der Waals surface area contributed by atoms with Gasteiger partial charge in [-0.05, 0) is 57.4 Å². The minimum absolute atomic E-state index is 0.0239. The first-order valence-corrected chi connectivity index (χ1v) is 8.38. The summed E-state index contributed by atoms with van der Waals surface area (Å²) in [7, 11) is -3.11. The summed E-state index contributed by atoms with van der Waals surface area (Å²) in [5.41, 5.74) is 6.75. The highest BCUT2D eigenvalue weighted by Gasteiger charge is 2.29. The van der Waals surface area contributed by atoms with E-state index in [0.717, 1.165) is 5.56 Å². The van der Waals surface area contributed by atoms with E-state index < -0.39 is 14.6 Å². The van der Waals surface area contributed by atoms with Crippen LogP contribution in [0.2, 0.25) is 5.02 Å². The Bertz CT molecular complexity index is 520. The van der Waals surface area contributed by atoms with Crippen molar-refractivity contribution in [3.05, 3.63) is 34.9 Å². The molecule has 1 aromatic rings. The van der Waals surface area contributed by atoms with Crippen LogP contribution in [0.25, 0.3) is 0 Å². The second-order valence-corrected chi connectivity index (χ2v) is 9.01. The Hall–Kier alpha value is -0.580. The number of halogens is 1. The van der Waals surface area contributed by atoms with Crippen LogP contribution >= 0.6 is 11.6 Å². The molecule has 19 heavy (non-hydrogen) atoms. The van der Waals surface area contributed by atoms with E-state index in [0.29, 0.717) is 18.0 Å². The summed E-state index contributed by atoms with van der Waals surface area (Å²) in [6.45, 7) is 5.58. The Labute approximate surface area is 121 Å². The maximum absolute atomic E-state index is 12.1. The van der Waals surface area contributed by atoms with Crippen LogP contribution in [0.15, 0.2) is 24.3 Å². The Morgan fingerprint density at radius 1 is 1.32 bits per heavy atom. The summed E-state index contributed by atoms with van der Waals surface area (Å²) in [6, 6.07) is 7.44. The summed E-state index contributed by atoms with van der Waals surface area (Å²) in [6.07, 6.45) is 0.524. The first kappa shape index (κ1) is 16.5. The minimum atomic E-state index is -3.11. The van der Waals surface area contributed by atoms with Gasteiger partial charge in [0.25, 0.3) is 0 Å². The molecule has 1 unspecified atom stereocenters. The number of sulfone groups is 1. The molecule has 0 bridgehead atoms. The zero-order chi connectivity index (χ0) is 14.7. The van der Waals surface area contributed by atoms with E-state index in [2.05, 4.69) is 0 Å². The molecular weight excluding hydrogens is 282 g/mol. The van der Waals surface area contributed by atoms with Gasteiger partial charge in [0, 0.05) is 5.02 Å². The molecular formula is C14H22ClNO2S. The second-order valence-electron chi connectivity index (χ2n) is 5.71. The maximum Gasteiger partial charge on any atom is 0.155 e. The topological polar surface area (TPSA) is 60.2 Å². The molecule has 108 valence electrons. The van der Waals surface area contributed by atoms with Crippen molar-refractivity contribution in [2.24, 2.45) is 5.73 Å². The van der Waals surface area contributed by atoms with E-state index in [-0.39, 0.29) is 11.7 Å². The summed E-state index contributed by atoms with van der Waals surface area (Å²) in [5, 5.41) is 0.648. The van der Waals surface area contributed by atoms with Crippen molar-refractivity contribution in [3.63, 3.8) is 0 Å². The molecule has 0 aliphatic rings. The van der Waals surface area contributed by atoms with Gasteiger partial charge < -0.3 is 5.73 Å². The molecule has 5 heteroatoms. The summed E-state index contributed by atoms with van der Waals surface area (Å²) >= 11 is 5.95. The smallest absolute Gasteiger partial charge is 0.155 e. The molecule has 1 atom stereocenters. The fourth-order valence-electron chi connectivity index (χ4n) is 1.78. The third kappa shape index (κ3) is 4.48. The molecule has 0 fully saturated rings. The Morgan fingerprint density at radius 2 is 1.95 bits per heavy atom. The van der Waals surface area contributed by atoms with Gasteiger partial charge in [-0.2, -0.15) is 0 Å². The van der Waals surface area contributed by atoms with Gasteiger partial charge in [0.1, 0.15) is 0 Å². The molecule has 0 aliphatic heterocycles. The fraction of sp³-hybridized carbons (Fsp3) is 0.571. The molecule has 0 heterocycles. The van der Waals surface area contributed by atoms with Gasteiger partial charge in [0.2, 0.25) is 0 Å². The van der Waals surface area contributed by atoms with Crippen molar-refractivity contribution < 1.29 is 8.42 Å². The highest BCUT2D eigenvalue weighted by atomic mass is 35.5. The van der Waals surface area contributed by atoms with Crippen molar-refractivity contribution in [1.82, 2.24) is 0 Å². The molecule has 3 nitrogen and oxygen atoms in total. The Balaban J connectivity index is 2.80. The molecule has 1 aromatic carbocycles. The first-order chi connectivity index (χ1) is 8.67. The van der Waals surface area contributed by atoms with Crippen molar-refractivity contribution in [1.29, 1.82) is 0 Å². The zero-order valence-electron chi connectivity index (χ0n) is 11.7. The number of hydrogen-bond acceptors (Lipinski definition) is 3. The molecule has 0 aromatic heterocycles. The lowest BCUT2D eigenvalue weighted by molar-refractivity contribution is 0.551. The number of nitrogens with two attached hydrogens (primary N) is 1. The van der Waals surface area contributed by atoms with E-state index in [4.69, 9.17) is 17.3 Å². The van der Waals surface area contributed by atoms with E-state index in [9.17, 15) is 8.42 Å². The van der Waals surface area contributed by atoms with Gasteiger partial charge in [-0.25, -0.2) is 8.42 Å². The molecule has 2 N–H and O–H groups in total. The first-order valence-electron chi connectivity index (χ1n) is 6.35. The summed E-state index contributed by atoms with van der Waals surface area (Å²) in [5.74, 6) is 0.168. The SMILES string of the molecule is CC(C)(C)S(=O)(=O)CCC(CN)c1cccc(Cl)c1. The lowest BCUT2D eigenvalue weighted by Crippen LogP contribution is -2.31. The Morgan fingerprint density at radius 3 is 2.42 bits per heavy atom. The van der Waals surface area contributed by atoms with E-state index in [1.54, 1.807) is 26.8 Å². The molecule has 0 saturated carbocycles.